The number of hydrogen-bond donors (Lipinski definition) is 1. The zero-order valence-corrected chi connectivity index (χ0v) is 26.2. The third-order valence-electron chi connectivity index (χ3n) is 10.1. The fourth-order valence-corrected chi connectivity index (χ4v) is 7.28. The second kappa shape index (κ2) is 11.8. The third-order valence-corrected chi connectivity index (χ3v) is 10.1. The number of nitrogens with one attached hydrogen (secondary N) is 1. The Hall–Kier alpha value is -3.98. The van der Waals surface area contributed by atoms with Gasteiger partial charge in [0.05, 0.1) is 28.9 Å². The van der Waals surface area contributed by atoms with E-state index in [4.69, 9.17) is 14.7 Å². The first-order valence-corrected chi connectivity index (χ1v) is 16.2. The van der Waals surface area contributed by atoms with Gasteiger partial charge >= 0.3 is 0 Å². The highest BCUT2D eigenvalue weighted by Gasteiger charge is 2.37. The SMILES string of the molecule is Cc1cc2cc(n1)-c1cnccc1OCCCCCn1c(nc3cc(C)c(N4CCC5(CCN(C)CC5)CC4)cc31)NC2=O. The minimum absolute atomic E-state index is 0.203. The average molecular weight is 594 g/mol. The highest BCUT2D eigenvalue weighted by atomic mass is 16.5. The van der Waals surface area contributed by atoms with Gasteiger partial charge < -0.3 is 19.1 Å². The van der Waals surface area contributed by atoms with Gasteiger partial charge in [-0.15, -0.1) is 0 Å². The van der Waals surface area contributed by atoms with Crippen LogP contribution < -0.4 is 15.0 Å². The van der Waals surface area contributed by atoms with E-state index in [-0.39, 0.29) is 5.91 Å². The summed E-state index contributed by atoms with van der Waals surface area (Å²) in [6.07, 6.45) is 11.5. The van der Waals surface area contributed by atoms with Crippen LogP contribution in [0.1, 0.15) is 66.6 Å². The van der Waals surface area contributed by atoms with E-state index < -0.39 is 0 Å². The maximum Gasteiger partial charge on any atom is 0.258 e. The number of likely N-dealkylation sites (tertiary alicyclic amines) is 1. The Morgan fingerprint density at radius 3 is 2.52 bits per heavy atom. The van der Waals surface area contributed by atoms with Crippen LogP contribution in [-0.2, 0) is 6.54 Å². The van der Waals surface area contributed by atoms with Crippen molar-refractivity contribution >= 4 is 28.6 Å². The molecule has 6 heterocycles. The molecule has 3 aromatic heterocycles. The highest BCUT2D eigenvalue weighted by molar-refractivity contribution is 6.05. The lowest BCUT2D eigenvalue weighted by Crippen LogP contribution is -2.46. The molecule has 3 aliphatic heterocycles. The number of benzene rings is 1. The average Bonchev–Trinajstić information content (AvgIpc) is 3.35. The quantitative estimate of drug-likeness (QED) is 0.280. The normalized spacial score (nSPS) is 19.4. The minimum Gasteiger partial charge on any atom is -0.493 e. The summed E-state index contributed by atoms with van der Waals surface area (Å²) in [4.78, 5) is 32.8. The molecule has 1 spiro atoms. The van der Waals surface area contributed by atoms with Gasteiger partial charge in [0, 0.05) is 49.0 Å². The van der Waals surface area contributed by atoms with Crippen molar-refractivity contribution in [2.45, 2.75) is 65.3 Å². The van der Waals surface area contributed by atoms with Crippen LogP contribution in [0.5, 0.6) is 5.75 Å². The van der Waals surface area contributed by atoms with Gasteiger partial charge in [0.2, 0.25) is 5.95 Å². The van der Waals surface area contributed by atoms with Crippen molar-refractivity contribution in [3.8, 4) is 17.0 Å². The summed E-state index contributed by atoms with van der Waals surface area (Å²) in [6.45, 7) is 10.1. The van der Waals surface area contributed by atoms with E-state index in [1.165, 1.54) is 50.0 Å². The van der Waals surface area contributed by atoms with E-state index in [9.17, 15) is 4.79 Å². The van der Waals surface area contributed by atoms with E-state index in [1.54, 1.807) is 12.4 Å². The number of amides is 1. The first kappa shape index (κ1) is 28.8. The van der Waals surface area contributed by atoms with E-state index in [1.807, 2.05) is 25.1 Å². The van der Waals surface area contributed by atoms with Gasteiger partial charge in [-0.05, 0) is 120 Å². The number of nitrogens with zero attached hydrogens (tertiary/aromatic N) is 6. The molecular formula is C35H43N7O2. The highest BCUT2D eigenvalue weighted by Crippen LogP contribution is 2.43. The van der Waals surface area contributed by atoms with Crippen LogP contribution in [-0.4, -0.2) is 70.2 Å². The van der Waals surface area contributed by atoms with Crippen LogP contribution in [0.4, 0.5) is 11.6 Å². The molecule has 2 saturated heterocycles. The monoisotopic (exact) mass is 593 g/mol. The summed E-state index contributed by atoms with van der Waals surface area (Å²) < 4.78 is 8.39. The van der Waals surface area contributed by atoms with E-state index in [2.05, 4.69) is 50.8 Å². The van der Waals surface area contributed by atoms with Gasteiger partial charge in [0.25, 0.3) is 5.91 Å². The Labute approximate surface area is 259 Å². The summed E-state index contributed by atoms with van der Waals surface area (Å²) in [5.41, 5.74) is 7.77. The number of carbonyl (C=O) groups is 1. The molecule has 0 unspecified atom stereocenters. The molecule has 4 aromatic rings. The second-order valence-electron chi connectivity index (χ2n) is 13.1. The van der Waals surface area contributed by atoms with Crippen molar-refractivity contribution in [2.24, 2.45) is 5.41 Å². The lowest BCUT2D eigenvalue weighted by atomic mass is 9.71. The molecule has 2 bridgehead atoms. The second-order valence-corrected chi connectivity index (χ2v) is 13.1. The predicted octanol–water partition coefficient (Wildman–Crippen LogP) is 6.24. The zero-order valence-electron chi connectivity index (χ0n) is 26.2. The molecule has 1 amide bonds. The Balaban J connectivity index is 1.21. The molecule has 0 aliphatic carbocycles. The molecule has 9 heteroatoms. The summed E-state index contributed by atoms with van der Waals surface area (Å²) in [7, 11) is 2.25. The smallest absolute Gasteiger partial charge is 0.258 e. The van der Waals surface area contributed by atoms with Crippen molar-refractivity contribution in [1.29, 1.82) is 0 Å². The number of ether oxygens (including phenoxy) is 1. The molecule has 2 fully saturated rings. The van der Waals surface area contributed by atoms with E-state index in [0.29, 0.717) is 29.2 Å². The standard InChI is InChI=1S/C35H43N7O2/c1-24-19-29-31(22-30(24)41-16-10-35(11-17-41)8-14-40(3)15-9-35)42-13-5-4-6-18-44-32-7-12-36-23-27(32)28-21-26(20-25(2)37-28)33(43)39-34(42)38-29/h7,12,19-23H,4-6,8-11,13-18H2,1-3H3,(H,38,39,43). The molecule has 0 atom stereocenters. The number of rotatable bonds is 1. The molecular weight excluding hydrogens is 550 g/mol. The summed E-state index contributed by atoms with van der Waals surface area (Å²) in [6, 6.07) is 10.0. The Morgan fingerprint density at radius 2 is 1.70 bits per heavy atom. The molecule has 7 rings (SSSR count). The first-order valence-electron chi connectivity index (χ1n) is 16.2. The molecule has 1 aromatic carbocycles. The molecule has 1 N–H and O–H groups in total. The van der Waals surface area contributed by atoms with Crippen LogP contribution in [0.15, 0.2) is 42.7 Å². The summed E-state index contributed by atoms with van der Waals surface area (Å²) in [5.74, 6) is 1.13. The fraction of sp³-hybridized carbons (Fsp3) is 0.486. The van der Waals surface area contributed by atoms with Gasteiger partial charge in [-0.25, -0.2) is 4.98 Å². The molecule has 9 nitrogen and oxygen atoms in total. The van der Waals surface area contributed by atoms with Crippen LogP contribution in [0.25, 0.3) is 22.3 Å². The lowest BCUT2D eigenvalue weighted by Gasteiger charge is -2.47. The Kier molecular flexibility index (Phi) is 7.74. The Morgan fingerprint density at radius 1 is 0.909 bits per heavy atom. The predicted molar refractivity (Wildman–Crippen MR) is 175 cm³/mol. The Bertz CT molecular complexity index is 1680. The molecule has 230 valence electrons. The van der Waals surface area contributed by atoms with Gasteiger partial charge in [-0.1, -0.05) is 0 Å². The van der Waals surface area contributed by atoms with Gasteiger partial charge in [-0.2, -0.15) is 0 Å². The van der Waals surface area contributed by atoms with Crippen LogP contribution >= 0.6 is 0 Å². The number of aryl methyl sites for hydroxylation is 3. The summed E-state index contributed by atoms with van der Waals surface area (Å²) in [5, 5.41) is 3.16. The largest absolute Gasteiger partial charge is 0.493 e. The van der Waals surface area contributed by atoms with Crippen molar-refractivity contribution in [3.05, 3.63) is 59.5 Å². The molecule has 0 radical (unpaired) electrons. The molecule has 3 aliphatic rings. The maximum absolute atomic E-state index is 13.7. The number of aromatic nitrogens is 4. The van der Waals surface area contributed by atoms with E-state index >= 15 is 0 Å². The van der Waals surface area contributed by atoms with Crippen molar-refractivity contribution in [1.82, 2.24) is 24.4 Å². The topological polar surface area (TPSA) is 88.4 Å². The number of carbonyl (C=O) groups excluding carboxylic acids is 1. The zero-order chi connectivity index (χ0) is 30.3. The van der Waals surface area contributed by atoms with Crippen LogP contribution in [0.2, 0.25) is 0 Å². The number of anilines is 2. The third kappa shape index (κ3) is 5.65. The van der Waals surface area contributed by atoms with Gasteiger partial charge in [0.15, 0.2) is 0 Å². The number of hydrogen-bond acceptors (Lipinski definition) is 7. The first-order chi connectivity index (χ1) is 21.4. The van der Waals surface area contributed by atoms with Crippen LogP contribution in [0.3, 0.4) is 0 Å². The fourth-order valence-electron chi connectivity index (χ4n) is 7.28. The molecule has 0 saturated carbocycles. The lowest BCUT2D eigenvalue weighted by molar-refractivity contribution is 0.0944. The maximum atomic E-state index is 13.7. The van der Waals surface area contributed by atoms with Crippen molar-refractivity contribution < 1.29 is 9.53 Å². The summed E-state index contributed by atoms with van der Waals surface area (Å²) >= 11 is 0. The number of pyridine rings is 2. The number of imidazole rings is 1. The van der Waals surface area contributed by atoms with Crippen molar-refractivity contribution in [2.75, 3.05) is 50.1 Å². The number of piperidine rings is 2. The van der Waals surface area contributed by atoms with Gasteiger partial charge in [-0.3, -0.25) is 20.1 Å². The van der Waals surface area contributed by atoms with Crippen LogP contribution in [0, 0.1) is 19.3 Å². The number of fused-ring (bicyclic) bond motifs is 7. The minimum atomic E-state index is -0.203. The van der Waals surface area contributed by atoms with E-state index in [0.717, 1.165) is 66.9 Å². The molecule has 44 heavy (non-hydrogen) atoms. The van der Waals surface area contributed by atoms with Gasteiger partial charge in [0.1, 0.15) is 5.75 Å². The van der Waals surface area contributed by atoms with Crippen molar-refractivity contribution in [3.63, 3.8) is 0 Å².